The fourth-order valence-electron chi connectivity index (χ4n) is 3.15. The van der Waals surface area contributed by atoms with Gasteiger partial charge < -0.3 is 15.5 Å². The lowest BCUT2D eigenvalue weighted by atomic mass is 10.1. The average Bonchev–Trinajstić information content (AvgIpc) is 3.19. The van der Waals surface area contributed by atoms with E-state index in [1.807, 2.05) is 45.7 Å². The molecule has 2 N–H and O–H groups in total. The number of nitrogens with one attached hydrogen (secondary N) is 2. The minimum atomic E-state index is -0.239. The molecule has 0 fully saturated rings. The van der Waals surface area contributed by atoms with Crippen molar-refractivity contribution in [3.8, 4) is 11.1 Å². The van der Waals surface area contributed by atoms with Crippen molar-refractivity contribution in [2.75, 3.05) is 37.8 Å². The van der Waals surface area contributed by atoms with Gasteiger partial charge in [0.15, 0.2) is 0 Å². The summed E-state index contributed by atoms with van der Waals surface area (Å²) in [5.74, 6) is 0.996. The zero-order valence-corrected chi connectivity index (χ0v) is 17.7. The third kappa shape index (κ3) is 4.84. The largest absolute Gasteiger partial charge is 0.368 e. The van der Waals surface area contributed by atoms with Gasteiger partial charge in [-0.3, -0.25) is 14.5 Å². The number of nitrogens with zero attached hydrogens (tertiary/aromatic N) is 6. The second-order valence-electron chi connectivity index (χ2n) is 7.47. The van der Waals surface area contributed by atoms with Crippen LogP contribution in [0.15, 0.2) is 55.2 Å². The van der Waals surface area contributed by atoms with Gasteiger partial charge in [-0.15, -0.1) is 0 Å². The molecule has 4 heterocycles. The molecule has 0 aliphatic heterocycles. The van der Waals surface area contributed by atoms with Crippen LogP contribution in [-0.4, -0.2) is 62.7 Å². The number of fused-ring (bicyclic) bond motifs is 1. The number of amides is 1. The predicted octanol–water partition coefficient (Wildman–Crippen LogP) is 2.65. The van der Waals surface area contributed by atoms with Gasteiger partial charge in [-0.05, 0) is 38.4 Å². The number of pyridine rings is 3. The van der Waals surface area contributed by atoms with Crippen LogP contribution in [0.3, 0.4) is 0 Å². The molecule has 9 heteroatoms. The zero-order chi connectivity index (χ0) is 21.8. The normalized spacial score (nSPS) is 11.1. The molecule has 158 valence electrons. The van der Waals surface area contributed by atoms with E-state index in [4.69, 9.17) is 4.98 Å². The van der Waals surface area contributed by atoms with Crippen LogP contribution in [0, 0.1) is 0 Å². The van der Waals surface area contributed by atoms with Gasteiger partial charge in [0.1, 0.15) is 11.6 Å². The highest BCUT2D eigenvalue weighted by atomic mass is 16.1. The zero-order valence-electron chi connectivity index (χ0n) is 17.7. The van der Waals surface area contributed by atoms with Crippen molar-refractivity contribution in [1.82, 2.24) is 29.6 Å². The highest BCUT2D eigenvalue weighted by Crippen LogP contribution is 2.30. The molecule has 0 aliphatic rings. The molecule has 4 aromatic rings. The molecule has 0 saturated carbocycles. The highest BCUT2D eigenvalue weighted by Gasteiger charge is 2.13. The van der Waals surface area contributed by atoms with E-state index < -0.39 is 0 Å². The van der Waals surface area contributed by atoms with Crippen LogP contribution in [0.5, 0.6) is 0 Å². The van der Waals surface area contributed by atoms with Crippen LogP contribution < -0.4 is 10.6 Å². The molecule has 0 radical (unpaired) electrons. The molecule has 9 nitrogen and oxygen atoms in total. The van der Waals surface area contributed by atoms with E-state index in [0.717, 1.165) is 40.9 Å². The van der Waals surface area contributed by atoms with E-state index in [2.05, 4.69) is 30.6 Å². The number of hydrogen-bond donors (Lipinski definition) is 2. The molecule has 0 saturated heterocycles. The van der Waals surface area contributed by atoms with Gasteiger partial charge in [-0.1, -0.05) is 0 Å². The molecule has 4 rings (SSSR count). The van der Waals surface area contributed by atoms with E-state index in [9.17, 15) is 4.79 Å². The first-order valence-corrected chi connectivity index (χ1v) is 9.89. The Morgan fingerprint density at radius 2 is 1.97 bits per heavy atom. The summed E-state index contributed by atoms with van der Waals surface area (Å²) in [6, 6.07) is 7.18. The molecule has 31 heavy (non-hydrogen) atoms. The van der Waals surface area contributed by atoms with Crippen LogP contribution in [0.4, 0.5) is 11.6 Å². The average molecular weight is 416 g/mol. The maximum atomic E-state index is 12.4. The van der Waals surface area contributed by atoms with Gasteiger partial charge in [-0.25, -0.2) is 9.97 Å². The number of hydrogen-bond acceptors (Lipinski definition) is 7. The van der Waals surface area contributed by atoms with E-state index in [1.165, 1.54) is 0 Å². The Morgan fingerprint density at radius 3 is 2.68 bits per heavy atom. The molecule has 0 unspecified atom stereocenters. The third-order valence-corrected chi connectivity index (χ3v) is 4.75. The van der Waals surface area contributed by atoms with E-state index in [0.29, 0.717) is 11.4 Å². The lowest BCUT2D eigenvalue weighted by Crippen LogP contribution is -2.21. The highest BCUT2D eigenvalue weighted by molar-refractivity contribution is 6.04. The molecular formula is C22H24N8O. The fourth-order valence-corrected chi connectivity index (χ4v) is 3.15. The molecule has 0 bridgehead atoms. The quantitative estimate of drug-likeness (QED) is 0.478. The maximum Gasteiger partial charge on any atom is 0.256 e. The van der Waals surface area contributed by atoms with Gasteiger partial charge in [0.25, 0.3) is 5.91 Å². The predicted molar refractivity (Wildman–Crippen MR) is 121 cm³/mol. The lowest BCUT2D eigenvalue weighted by Gasteiger charge is -2.14. The number of likely N-dealkylation sites (N-methyl/N-ethyl adjacent to an activating group) is 1. The Morgan fingerprint density at radius 1 is 1.16 bits per heavy atom. The molecule has 1 amide bonds. The third-order valence-electron chi connectivity index (χ3n) is 4.75. The van der Waals surface area contributed by atoms with E-state index in [-0.39, 0.29) is 5.91 Å². The van der Waals surface area contributed by atoms with E-state index in [1.54, 1.807) is 35.4 Å². The van der Waals surface area contributed by atoms with Crippen molar-refractivity contribution in [3.05, 3.63) is 60.8 Å². The monoisotopic (exact) mass is 416 g/mol. The number of carbonyl (C=O) groups is 1. The summed E-state index contributed by atoms with van der Waals surface area (Å²) >= 11 is 0. The number of aryl methyl sites for hydroxylation is 1. The lowest BCUT2D eigenvalue weighted by molar-refractivity contribution is 0.102. The topological polar surface area (TPSA) is 101 Å². The van der Waals surface area contributed by atoms with Crippen molar-refractivity contribution < 1.29 is 4.79 Å². The summed E-state index contributed by atoms with van der Waals surface area (Å²) in [5, 5.41) is 11.4. The van der Waals surface area contributed by atoms with Crippen LogP contribution in [-0.2, 0) is 7.05 Å². The smallest absolute Gasteiger partial charge is 0.256 e. The minimum Gasteiger partial charge on any atom is -0.368 e. The van der Waals surface area contributed by atoms with Gasteiger partial charge in [0.2, 0.25) is 0 Å². The molecule has 0 atom stereocenters. The first-order valence-electron chi connectivity index (χ1n) is 9.89. The molecule has 0 aromatic carbocycles. The van der Waals surface area contributed by atoms with Crippen molar-refractivity contribution in [1.29, 1.82) is 0 Å². The number of anilines is 2. The Labute approximate surface area is 180 Å². The summed E-state index contributed by atoms with van der Waals surface area (Å²) in [6.45, 7) is 1.64. The molecule has 0 aliphatic carbocycles. The molecule has 4 aromatic heterocycles. The SMILES string of the molecule is CN(C)CCNc1nc2cnc(NC(=O)c3ccncc3)cc2cc1-c1cnn(C)c1. The molecule has 0 spiro atoms. The van der Waals surface area contributed by atoms with Crippen molar-refractivity contribution in [2.45, 2.75) is 0 Å². The van der Waals surface area contributed by atoms with Crippen molar-refractivity contribution in [2.24, 2.45) is 7.05 Å². The van der Waals surface area contributed by atoms with Gasteiger partial charge in [0.05, 0.1) is 17.9 Å². The van der Waals surface area contributed by atoms with Crippen LogP contribution in [0.25, 0.3) is 22.0 Å². The van der Waals surface area contributed by atoms with Crippen LogP contribution in [0.2, 0.25) is 0 Å². The van der Waals surface area contributed by atoms with E-state index >= 15 is 0 Å². The van der Waals surface area contributed by atoms with Gasteiger partial charge in [-0.2, -0.15) is 5.10 Å². The second kappa shape index (κ2) is 8.88. The van der Waals surface area contributed by atoms with Crippen LogP contribution >= 0.6 is 0 Å². The maximum absolute atomic E-state index is 12.4. The Balaban J connectivity index is 1.67. The van der Waals surface area contributed by atoms with Gasteiger partial charge in [0, 0.05) is 60.8 Å². The fraction of sp³-hybridized carbons (Fsp3) is 0.227. The minimum absolute atomic E-state index is 0.239. The Bertz CT molecular complexity index is 1200. The Kier molecular flexibility index (Phi) is 5.85. The summed E-state index contributed by atoms with van der Waals surface area (Å²) in [4.78, 5) is 27.6. The number of aromatic nitrogens is 5. The standard InChI is InChI=1S/C22H24N8O/c1-29(2)9-8-24-21-18(17-12-26-30(3)14-17)10-16-11-20(25-13-19(16)27-21)28-22(31)15-4-6-23-7-5-15/h4-7,10-14H,8-9H2,1-3H3,(H,24,27)(H,25,28,31). The summed E-state index contributed by atoms with van der Waals surface area (Å²) in [6.07, 6.45) is 8.59. The molecular weight excluding hydrogens is 392 g/mol. The number of carbonyl (C=O) groups excluding carboxylic acids is 1. The van der Waals surface area contributed by atoms with Crippen LogP contribution in [0.1, 0.15) is 10.4 Å². The summed E-state index contributed by atoms with van der Waals surface area (Å²) in [7, 11) is 5.94. The first-order chi connectivity index (χ1) is 15.0. The number of rotatable bonds is 7. The summed E-state index contributed by atoms with van der Waals surface area (Å²) in [5.41, 5.74) is 3.16. The second-order valence-corrected chi connectivity index (χ2v) is 7.47. The van der Waals surface area contributed by atoms with Crippen molar-refractivity contribution in [3.63, 3.8) is 0 Å². The summed E-state index contributed by atoms with van der Waals surface area (Å²) < 4.78 is 1.76. The Hall–Kier alpha value is -3.85. The first kappa shape index (κ1) is 20.4. The van der Waals surface area contributed by atoms with Crippen molar-refractivity contribution >= 4 is 28.4 Å². The van der Waals surface area contributed by atoms with Gasteiger partial charge >= 0.3 is 0 Å².